The zero-order valence-corrected chi connectivity index (χ0v) is 6.10. The Balaban J connectivity index is 3.23. The van der Waals surface area contributed by atoms with Crippen molar-refractivity contribution < 1.29 is 9.90 Å². The van der Waals surface area contributed by atoms with Crippen LogP contribution in [0.2, 0.25) is 0 Å². The van der Waals surface area contributed by atoms with E-state index < -0.39 is 5.97 Å². The van der Waals surface area contributed by atoms with Crippen molar-refractivity contribution in [2.24, 2.45) is 7.05 Å². The van der Waals surface area contributed by atoms with Crippen LogP contribution in [-0.2, 0) is 7.05 Å². The summed E-state index contributed by atoms with van der Waals surface area (Å²) in [6, 6.07) is 0. The highest BCUT2D eigenvalue weighted by Crippen LogP contribution is 1.95. The van der Waals surface area contributed by atoms with Gasteiger partial charge in [0.2, 0.25) is 0 Å². The van der Waals surface area contributed by atoms with E-state index in [0.29, 0.717) is 4.77 Å². The van der Waals surface area contributed by atoms with Crippen LogP contribution in [0.15, 0.2) is 6.20 Å². The molecule has 0 bridgehead atoms. The van der Waals surface area contributed by atoms with Crippen molar-refractivity contribution in [3.8, 4) is 0 Å². The zero-order valence-electron chi connectivity index (χ0n) is 5.29. The lowest BCUT2D eigenvalue weighted by Gasteiger charge is -1.82. The first-order valence-electron chi connectivity index (χ1n) is 2.60. The van der Waals surface area contributed by atoms with Crippen molar-refractivity contribution in [1.82, 2.24) is 9.55 Å². The predicted molar refractivity (Wildman–Crippen MR) is 37.6 cm³/mol. The van der Waals surface area contributed by atoms with Gasteiger partial charge in [-0.1, -0.05) is 0 Å². The molecule has 0 radical (unpaired) electrons. The van der Waals surface area contributed by atoms with E-state index in [4.69, 9.17) is 17.3 Å². The first-order chi connectivity index (χ1) is 4.61. The molecule has 0 unspecified atom stereocenters. The zero-order chi connectivity index (χ0) is 7.72. The van der Waals surface area contributed by atoms with E-state index in [1.807, 2.05) is 0 Å². The summed E-state index contributed by atoms with van der Waals surface area (Å²) in [5.41, 5.74) is 0.118. The molecular formula is C5H6N2O2S. The molecule has 0 spiro atoms. The maximum atomic E-state index is 10.3. The van der Waals surface area contributed by atoms with Crippen molar-refractivity contribution in [2.45, 2.75) is 0 Å². The van der Waals surface area contributed by atoms with E-state index in [0.717, 1.165) is 0 Å². The Morgan fingerprint density at radius 3 is 2.70 bits per heavy atom. The van der Waals surface area contributed by atoms with Crippen LogP contribution in [0.4, 0.5) is 0 Å². The molecule has 0 aliphatic rings. The number of imidazole rings is 1. The lowest BCUT2D eigenvalue weighted by Crippen LogP contribution is -1.95. The molecule has 10 heavy (non-hydrogen) atoms. The lowest BCUT2D eigenvalue weighted by molar-refractivity contribution is 0.0691. The number of nitrogens with zero attached hydrogens (tertiary/aromatic N) is 1. The monoisotopic (exact) mass is 158 g/mol. The Hall–Kier alpha value is -1.10. The highest BCUT2D eigenvalue weighted by molar-refractivity contribution is 7.71. The van der Waals surface area contributed by atoms with Crippen molar-refractivity contribution in [3.05, 3.63) is 16.7 Å². The number of carbonyl (C=O) groups is 1. The molecule has 0 aliphatic heterocycles. The maximum Gasteiger partial charge on any atom is 0.353 e. The molecule has 1 rings (SSSR count). The fourth-order valence-corrected chi connectivity index (χ4v) is 0.759. The van der Waals surface area contributed by atoms with Gasteiger partial charge in [0.15, 0.2) is 4.77 Å². The second-order valence-corrected chi connectivity index (χ2v) is 2.28. The number of hydrogen-bond acceptors (Lipinski definition) is 2. The van der Waals surface area contributed by atoms with Gasteiger partial charge in [0.1, 0.15) is 5.69 Å². The smallest absolute Gasteiger partial charge is 0.353 e. The quantitative estimate of drug-likeness (QED) is 0.594. The van der Waals surface area contributed by atoms with Gasteiger partial charge >= 0.3 is 5.97 Å². The van der Waals surface area contributed by atoms with Crippen molar-refractivity contribution in [2.75, 3.05) is 0 Å². The van der Waals surface area contributed by atoms with Gasteiger partial charge in [0.25, 0.3) is 0 Å². The number of aromatic nitrogens is 2. The second-order valence-electron chi connectivity index (χ2n) is 1.89. The number of carboxylic acids is 1. The van der Waals surface area contributed by atoms with Crippen molar-refractivity contribution in [1.29, 1.82) is 0 Å². The predicted octanol–water partition coefficient (Wildman–Crippen LogP) is 0.781. The van der Waals surface area contributed by atoms with Gasteiger partial charge in [-0.25, -0.2) is 4.79 Å². The molecular weight excluding hydrogens is 152 g/mol. The van der Waals surface area contributed by atoms with Crippen LogP contribution in [-0.4, -0.2) is 20.6 Å². The summed E-state index contributed by atoms with van der Waals surface area (Å²) < 4.78 is 1.95. The van der Waals surface area contributed by atoms with E-state index in [1.165, 1.54) is 6.20 Å². The molecule has 0 saturated heterocycles. The maximum absolute atomic E-state index is 10.3. The van der Waals surface area contributed by atoms with Gasteiger partial charge in [-0.2, -0.15) is 0 Å². The number of aromatic carboxylic acids is 1. The molecule has 4 nitrogen and oxygen atoms in total. The molecule has 0 atom stereocenters. The first kappa shape index (κ1) is 7.01. The molecule has 2 N–H and O–H groups in total. The average Bonchev–Trinajstić information content (AvgIpc) is 2.13. The molecule has 1 aromatic rings. The fraction of sp³-hybridized carbons (Fsp3) is 0.200. The van der Waals surface area contributed by atoms with Gasteiger partial charge < -0.3 is 14.7 Å². The molecule has 5 heteroatoms. The van der Waals surface area contributed by atoms with Gasteiger partial charge in [0.05, 0.1) is 0 Å². The summed E-state index contributed by atoms with van der Waals surface area (Å²) in [6.45, 7) is 0. The van der Waals surface area contributed by atoms with Gasteiger partial charge in [-0.3, -0.25) is 0 Å². The molecule has 0 amide bonds. The van der Waals surface area contributed by atoms with Gasteiger partial charge in [-0.05, 0) is 12.2 Å². The molecule has 0 aliphatic carbocycles. The Kier molecular flexibility index (Phi) is 1.58. The normalized spacial score (nSPS) is 9.70. The number of hydrogen-bond donors (Lipinski definition) is 2. The van der Waals surface area contributed by atoms with Crippen LogP contribution in [0.3, 0.4) is 0 Å². The third-order valence-corrected chi connectivity index (χ3v) is 1.51. The molecule has 1 heterocycles. The summed E-state index contributed by atoms with van der Waals surface area (Å²) in [5, 5.41) is 8.43. The Labute approximate surface area is 62.1 Å². The minimum absolute atomic E-state index is 0.118. The van der Waals surface area contributed by atoms with Crippen LogP contribution >= 0.6 is 12.2 Å². The van der Waals surface area contributed by atoms with E-state index in [2.05, 4.69) is 4.98 Å². The van der Waals surface area contributed by atoms with Crippen LogP contribution in [0.1, 0.15) is 10.5 Å². The third kappa shape index (κ3) is 1.08. The summed E-state index contributed by atoms with van der Waals surface area (Å²) in [7, 11) is 1.69. The minimum atomic E-state index is -0.994. The second kappa shape index (κ2) is 2.26. The number of carboxylic acid groups (broad SMARTS) is 1. The largest absolute Gasteiger partial charge is 0.477 e. The minimum Gasteiger partial charge on any atom is -0.477 e. The average molecular weight is 158 g/mol. The highest BCUT2D eigenvalue weighted by atomic mass is 32.1. The van der Waals surface area contributed by atoms with Gasteiger partial charge in [-0.15, -0.1) is 0 Å². The Bertz CT molecular complexity index is 312. The van der Waals surface area contributed by atoms with Crippen molar-refractivity contribution in [3.63, 3.8) is 0 Å². The number of nitrogens with one attached hydrogen (secondary N) is 1. The Morgan fingerprint density at radius 1 is 1.90 bits per heavy atom. The highest BCUT2D eigenvalue weighted by Gasteiger charge is 2.03. The lowest BCUT2D eigenvalue weighted by atomic mass is 10.5. The first-order valence-corrected chi connectivity index (χ1v) is 3.01. The van der Waals surface area contributed by atoms with Gasteiger partial charge in [0, 0.05) is 13.2 Å². The number of H-pyrrole nitrogens is 1. The molecule has 54 valence electrons. The van der Waals surface area contributed by atoms with E-state index in [-0.39, 0.29) is 5.69 Å². The number of aryl methyl sites for hydroxylation is 1. The Morgan fingerprint density at radius 2 is 2.50 bits per heavy atom. The summed E-state index contributed by atoms with van der Waals surface area (Å²) >= 11 is 4.74. The van der Waals surface area contributed by atoms with E-state index in [9.17, 15) is 4.79 Å². The number of rotatable bonds is 1. The molecule has 0 aromatic carbocycles. The summed E-state index contributed by atoms with van der Waals surface area (Å²) in [5.74, 6) is -0.994. The summed E-state index contributed by atoms with van der Waals surface area (Å²) in [6.07, 6.45) is 1.44. The topological polar surface area (TPSA) is 58.0 Å². The van der Waals surface area contributed by atoms with Crippen molar-refractivity contribution >= 4 is 18.2 Å². The fourth-order valence-electron chi connectivity index (χ4n) is 0.597. The third-order valence-electron chi connectivity index (χ3n) is 1.12. The molecule has 0 saturated carbocycles. The SMILES string of the molecule is Cn1cc(C(=O)O)[nH]c1=S. The van der Waals surface area contributed by atoms with E-state index in [1.54, 1.807) is 11.6 Å². The van der Waals surface area contributed by atoms with Crippen LogP contribution < -0.4 is 0 Å². The standard InChI is InChI=1S/C5H6N2O2S/c1-7-2-3(4(8)9)6-5(7)10/h2H,1H3,(H,6,10)(H,8,9). The molecule has 0 fully saturated rings. The van der Waals surface area contributed by atoms with E-state index >= 15 is 0 Å². The van der Waals surface area contributed by atoms with Crippen LogP contribution in [0.25, 0.3) is 0 Å². The summed E-state index contributed by atoms with van der Waals surface area (Å²) in [4.78, 5) is 12.8. The number of aromatic amines is 1. The molecule has 1 aromatic heterocycles. The van der Waals surface area contributed by atoms with Crippen LogP contribution in [0, 0.1) is 4.77 Å². The van der Waals surface area contributed by atoms with Crippen LogP contribution in [0.5, 0.6) is 0 Å².